The average Bonchev–Trinajstić information content (AvgIpc) is 2.59. The minimum Gasteiger partial charge on any atom is -0.317 e. The highest BCUT2D eigenvalue weighted by molar-refractivity contribution is 5.18. The molecule has 68 valence electrons. The van der Waals surface area contributed by atoms with Crippen LogP contribution in [-0.4, -0.2) is 27.5 Å². The maximum absolute atomic E-state index is 8.76. The molecule has 0 bridgehead atoms. The van der Waals surface area contributed by atoms with Gasteiger partial charge in [-0.25, -0.2) is 4.98 Å². The molecule has 0 N–H and O–H groups in total. The lowest BCUT2D eigenvalue weighted by atomic mass is 10.3. The maximum Gasteiger partial charge on any atom is 0.213 e. The summed E-state index contributed by atoms with van der Waals surface area (Å²) in [5, 5.41) is 8.76. The minimum atomic E-state index is 0.547. The van der Waals surface area contributed by atoms with Crippen molar-refractivity contribution in [1.82, 2.24) is 14.5 Å². The van der Waals surface area contributed by atoms with Crippen LogP contribution in [0.3, 0.4) is 0 Å². The fourth-order valence-corrected chi connectivity index (χ4v) is 1.70. The Morgan fingerprint density at radius 2 is 2.46 bits per heavy atom. The van der Waals surface area contributed by atoms with E-state index in [1.807, 2.05) is 4.57 Å². The second kappa shape index (κ2) is 3.19. The summed E-state index contributed by atoms with van der Waals surface area (Å²) >= 11 is 0. The largest absolute Gasteiger partial charge is 0.317 e. The molecule has 4 heteroatoms. The number of nitriles is 1. The summed E-state index contributed by atoms with van der Waals surface area (Å²) in [7, 11) is 0. The molecule has 1 aliphatic rings. The van der Waals surface area contributed by atoms with E-state index in [2.05, 4.69) is 22.9 Å². The van der Waals surface area contributed by atoms with Gasteiger partial charge in [0.15, 0.2) is 0 Å². The van der Waals surface area contributed by atoms with Crippen molar-refractivity contribution in [2.24, 2.45) is 0 Å². The molecule has 0 unspecified atom stereocenters. The van der Waals surface area contributed by atoms with Crippen molar-refractivity contribution >= 4 is 0 Å². The lowest BCUT2D eigenvalue weighted by molar-refractivity contribution is 0.232. The third-order valence-corrected chi connectivity index (χ3v) is 2.51. The standard InChI is InChI=1S/C9H12N4/c1-2-12-3-4-13-8(7-12)6-11-9(13)5-10/h6H,2-4,7H2,1H3. The molecule has 0 spiro atoms. The first-order valence-corrected chi connectivity index (χ1v) is 4.52. The zero-order chi connectivity index (χ0) is 9.26. The van der Waals surface area contributed by atoms with Gasteiger partial charge in [0.2, 0.25) is 5.82 Å². The van der Waals surface area contributed by atoms with Crippen molar-refractivity contribution in [1.29, 1.82) is 5.26 Å². The van der Waals surface area contributed by atoms with Crippen molar-refractivity contribution < 1.29 is 0 Å². The Morgan fingerprint density at radius 3 is 3.15 bits per heavy atom. The van der Waals surface area contributed by atoms with Crippen molar-refractivity contribution in [3.8, 4) is 6.07 Å². The molecule has 0 saturated carbocycles. The molecule has 0 fully saturated rings. The third-order valence-electron chi connectivity index (χ3n) is 2.51. The molecule has 2 rings (SSSR count). The molecular weight excluding hydrogens is 164 g/mol. The predicted octanol–water partition coefficient (Wildman–Crippen LogP) is 0.590. The Balaban J connectivity index is 2.29. The summed E-state index contributed by atoms with van der Waals surface area (Å²) in [5.41, 5.74) is 1.16. The summed E-state index contributed by atoms with van der Waals surface area (Å²) < 4.78 is 2.01. The number of rotatable bonds is 1. The van der Waals surface area contributed by atoms with Crippen molar-refractivity contribution in [3.63, 3.8) is 0 Å². The topological polar surface area (TPSA) is 44.9 Å². The van der Waals surface area contributed by atoms with E-state index in [4.69, 9.17) is 5.26 Å². The summed E-state index contributed by atoms with van der Waals surface area (Å²) in [6.45, 7) is 6.05. The molecule has 0 radical (unpaired) electrons. The molecule has 0 aromatic carbocycles. The van der Waals surface area contributed by atoms with Gasteiger partial charge in [-0.15, -0.1) is 0 Å². The van der Waals surface area contributed by atoms with Gasteiger partial charge in [0.05, 0.1) is 11.9 Å². The Hall–Kier alpha value is -1.34. The van der Waals surface area contributed by atoms with E-state index in [-0.39, 0.29) is 0 Å². The maximum atomic E-state index is 8.76. The monoisotopic (exact) mass is 176 g/mol. The van der Waals surface area contributed by atoms with Crippen LogP contribution < -0.4 is 0 Å². The molecule has 1 aromatic heterocycles. The van der Waals surface area contributed by atoms with E-state index in [9.17, 15) is 0 Å². The second-order valence-corrected chi connectivity index (χ2v) is 3.21. The number of hydrogen-bond donors (Lipinski definition) is 0. The van der Waals surface area contributed by atoms with Gasteiger partial charge in [-0.3, -0.25) is 4.90 Å². The lowest BCUT2D eigenvalue weighted by Crippen LogP contribution is -2.33. The summed E-state index contributed by atoms with van der Waals surface area (Å²) in [5.74, 6) is 0.547. The molecule has 4 nitrogen and oxygen atoms in total. The minimum absolute atomic E-state index is 0.547. The number of nitrogens with zero attached hydrogens (tertiary/aromatic N) is 4. The first-order chi connectivity index (χ1) is 6.35. The SMILES string of the molecule is CCN1CCn2c(cnc2C#N)C1. The number of aromatic nitrogens is 2. The fourth-order valence-electron chi connectivity index (χ4n) is 1.70. The molecule has 1 aromatic rings. The zero-order valence-electron chi connectivity index (χ0n) is 7.69. The Labute approximate surface area is 77.4 Å². The van der Waals surface area contributed by atoms with E-state index >= 15 is 0 Å². The first-order valence-electron chi connectivity index (χ1n) is 4.52. The van der Waals surface area contributed by atoms with Crippen LogP contribution in [-0.2, 0) is 13.1 Å². The van der Waals surface area contributed by atoms with Gasteiger partial charge in [-0.05, 0) is 6.54 Å². The van der Waals surface area contributed by atoms with Crippen LogP contribution in [0.15, 0.2) is 6.20 Å². The fraction of sp³-hybridized carbons (Fsp3) is 0.556. The third kappa shape index (κ3) is 1.31. The smallest absolute Gasteiger partial charge is 0.213 e. The number of imidazole rings is 1. The molecular formula is C9H12N4. The quantitative estimate of drug-likeness (QED) is 0.629. The van der Waals surface area contributed by atoms with Gasteiger partial charge in [-0.1, -0.05) is 6.92 Å². The van der Waals surface area contributed by atoms with Crippen LogP contribution in [0.1, 0.15) is 18.4 Å². The highest BCUT2D eigenvalue weighted by Crippen LogP contribution is 2.13. The summed E-state index contributed by atoms with van der Waals surface area (Å²) in [6.07, 6.45) is 1.81. The Bertz CT molecular complexity index is 347. The van der Waals surface area contributed by atoms with Crippen molar-refractivity contribution in [3.05, 3.63) is 17.7 Å². The van der Waals surface area contributed by atoms with Crippen LogP contribution in [0.2, 0.25) is 0 Å². The van der Waals surface area contributed by atoms with Crippen LogP contribution in [0.5, 0.6) is 0 Å². The Morgan fingerprint density at radius 1 is 1.62 bits per heavy atom. The zero-order valence-corrected chi connectivity index (χ0v) is 7.69. The van der Waals surface area contributed by atoms with Crippen LogP contribution in [0.4, 0.5) is 0 Å². The lowest BCUT2D eigenvalue weighted by Gasteiger charge is -2.26. The van der Waals surface area contributed by atoms with Gasteiger partial charge in [0.1, 0.15) is 6.07 Å². The molecule has 2 heterocycles. The van der Waals surface area contributed by atoms with E-state index in [1.54, 1.807) is 6.20 Å². The molecule has 0 aliphatic carbocycles. The molecule has 0 amide bonds. The average molecular weight is 176 g/mol. The van der Waals surface area contributed by atoms with Gasteiger partial charge in [0, 0.05) is 19.6 Å². The van der Waals surface area contributed by atoms with E-state index < -0.39 is 0 Å². The van der Waals surface area contributed by atoms with E-state index in [0.717, 1.165) is 31.9 Å². The number of likely N-dealkylation sites (N-methyl/N-ethyl adjacent to an activating group) is 1. The predicted molar refractivity (Wildman–Crippen MR) is 47.9 cm³/mol. The molecule has 0 saturated heterocycles. The van der Waals surface area contributed by atoms with Crippen molar-refractivity contribution in [2.75, 3.05) is 13.1 Å². The first kappa shape index (κ1) is 8.27. The van der Waals surface area contributed by atoms with E-state index in [1.165, 1.54) is 0 Å². The number of fused-ring (bicyclic) bond motifs is 1. The van der Waals surface area contributed by atoms with Gasteiger partial charge >= 0.3 is 0 Å². The molecule has 0 atom stereocenters. The van der Waals surface area contributed by atoms with Crippen LogP contribution in [0.25, 0.3) is 0 Å². The van der Waals surface area contributed by atoms with Gasteiger partial charge in [0.25, 0.3) is 0 Å². The van der Waals surface area contributed by atoms with Gasteiger partial charge < -0.3 is 4.57 Å². The number of hydrogen-bond acceptors (Lipinski definition) is 3. The summed E-state index contributed by atoms with van der Waals surface area (Å²) in [4.78, 5) is 6.41. The van der Waals surface area contributed by atoms with Gasteiger partial charge in [-0.2, -0.15) is 5.26 Å². The van der Waals surface area contributed by atoms with E-state index in [0.29, 0.717) is 5.82 Å². The highest BCUT2D eigenvalue weighted by Gasteiger charge is 2.17. The molecule has 1 aliphatic heterocycles. The molecule has 13 heavy (non-hydrogen) atoms. The second-order valence-electron chi connectivity index (χ2n) is 3.21. The van der Waals surface area contributed by atoms with Crippen LogP contribution >= 0.6 is 0 Å². The van der Waals surface area contributed by atoms with Crippen LogP contribution in [0, 0.1) is 11.3 Å². The normalized spacial score (nSPS) is 16.6. The van der Waals surface area contributed by atoms with Crippen molar-refractivity contribution in [2.45, 2.75) is 20.0 Å². The summed E-state index contributed by atoms with van der Waals surface area (Å²) in [6, 6.07) is 2.10. The Kier molecular flexibility index (Phi) is 2.03. The highest BCUT2D eigenvalue weighted by atomic mass is 15.2.